The van der Waals surface area contributed by atoms with Crippen LogP contribution in [0.5, 0.6) is 0 Å². The number of methoxy groups -OCH3 is 1. The number of rotatable bonds is 6. The Morgan fingerprint density at radius 3 is 2.68 bits per heavy atom. The van der Waals surface area contributed by atoms with Crippen LogP contribution in [0.4, 0.5) is 4.39 Å². The van der Waals surface area contributed by atoms with Gasteiger partial charge in [-0.15, -0.1) is 0 Å². The minimum atomic E-state index is -1.23. The first-order valence-corrected chi connectivity index (χ1v) is 6.58. The summed E-state index contributed by atoms with van der Waals surface area (Å²) in [7, 11) is 1.49. The van der Waals surface area contributed by atoms with Gasteiger partial charge in [0.05, 0.1) is 13.2 Å². The molecular weight excluding hydrogens is 295 g/mol. The van der Waals surface area contributed by atoms with E-state index in [0.29, 0.717) is 5.56 Å². The standard InChI is InChI=1S/C14H17FN2O5/c1-21-14(6-22-7-14)9-2-8(3-10(15)4-9)12(18)17-5-11(16)13(19)20/h2-4,11H,5-7,16H2,1H3,(H,17,18)(H,19,20)/t11-/m1/s1. The number of hydrogen-bond donors (Lipinski definition) is 3. The molecule has 8 heteroatoms. The van der Waals surface area contributed by atoms with E-state index in [9.17, 15) is 14.0 Å². The number of carbonyl (C=O) groups is 2. The molecule has 4 N–H and O–H groups in total. The van der Waals surface area contributed by atoms with Gasteiger partial charge in [0.15, 0.2) is 0 Å². The Balaban J connectivity index is 2.16. The zero-order valence-corrected chi connectivity index (χ0v) is 12.0. The molecule has 2 rings (SSSR count). The molecule has 0 bridgehead atoms. The maximum absolute atomic E-state index is 13.7. The van der Waals surface area contributed by atoms with Gasteiger partial charge >= 0.3 is 5.97 Å². The highest BCUT2D eigenvalue weighted by molar-refractivity contribution is 5.94. The molecule has 1 atom stereocenters. The van der Waals surface area contributed by atoms with E-state index in [1.807, 2.05) is 0 Å². The van der Waals surface area contributed by atoms with E-state index in [2.05, 4.69) is 5.32 Å². The highest BCUT2D eigenvalue weighted by Gasteiger charge is 2.41. The summed E-state index contributed by atoms with van der Waals surface area (Å²) < 4.78 is 24.2. The highest BCUT2D eigenvalue weighted by atomic mass is 19.1. The molecule has 22 heavy (non-hydrogen) atoms. The van der Waals surface area contributed by atoms with Crippen molar-refractivity contribution in [1.29, 1.82) is 0 Å². The molecule has 0 spiro atoms. The molecular formula is C14H17FN2O5. The number of benzene rings is 1. The average Bonchev–Trinajstić information content (AvgIpc) is 2.43. The maximum Gasteiger partial charge on any atom is 0.322 e. The predicted octanol–water partition coefficient (Wildman–Crippen LogP) is -0.161. The molecule has 0 aromatic heterocycles. The van der Waals surface area contributed by atoms with E-state index in [4.69, 9.17) is 20.3 Å². The normalized spacial score (nSPS) is 17.4. The minimum Gasteiger partial charge on any atom is -0.480 e. The van der Waals surface area contributed by atoms with Gasteiger partial charge < -0.3 is 25.6 Å². The van der Waals surface area contributed by atoms with E-state index in [-0.39, 0.29) is 25.3 Å². The van der Waals surface area contributed by atoms with Crippen molar-refractivity contribution < 1.29 is 28.6 Å². The summed E-state index contributed by atoms with van der Waals surface area (Å²) in [5.74, 6) is -2.43. The third kappa shape index (κ3) is 3.24. The van der Waals surface area contributed by atoms with Crippen LogP contribution in [-0.4, -0.2) is 49.9 Å². The fraction of sp³-hybridized carbons (Fsp3) is 0.429. The van der Waals surface area contributed by atoms with Gasteiger partial charge in [0, 0.05) is 19.2 Å². The molecule has 0 radical (unpaired) electrons. The lowest BCUT2D eigenvalue weighted by atomic mass is 9.90. The first-order valence-electron chi connectivity index (χ1n) is 6.58. The number of carbonyl (C=O) groups excluding carboxylic acids is 1. The lowest BCUT2D eigenvalue weighted by Crippen LogP contribution is -2.48. The van der Waals surface area contributed by atoms with Gasteiger partial charge in [0.1, 0.15) is 17.5 Å². The highest BCUT2D eigenvalue weighted by Crippen LogP contribution is 2.33. The van der Waals surface area contributed by atoms with Crippen LogP contribution >= 0.6 is 0 Å². The van der Waals surface area contributed by atoms with Gasteiger partial charge in [-0.3, -0.25) is 9.59 Å². The number of carboxylic acid groups (broad SMARTS) is 1. The summed E-state index contributed by atoms with van der Waals surface area (Å²) in [6.45, 7) is 0.300. The van der Waals surface area contributed by atoms with Gasteiger partial charge in [-0.05, 0) is 23.8 Å². The van der Waals surface area contributed by atoms with Crippen molar-refractivity contribution in [2.75, 3.05) is 26.9 Å². The van der Waals surface area contributed by atoms with Crippen molar-refractivity contribution in [2.45, 2.75) is 11.6 Å². The molecule has 0 unspecified atom stereocenters. The summed E-state index contributed by atoms with van der Waals surface area (Å²) in [6.07, 6.45) is 0. The van der Waals surface area contributed by atoms with E-state index >= 15 is 0 Å². The van der Waals surface area contributed by atoms with Crippen LogP contribution in [0.25, 0.3) is 0 Å². The largest absolute Gasteiger partial charge is 0.480 e. The second-order valence-electron chi connectivity index (χ2n) is 5.07. The third-order valence-corrected chi connectivity index (χ3v) is 3.55. The molecule has 120 valence electrons. The number of amides is 1. The summed E-state index contributed by atoms with van der Waals surface area (Å²) in [5, 5.41) is 11.0. The van der Waals surface area contributed by atoms with E-state index in [1.165, 1.54) is 19.2 Å². The van der Waals surface area contributed by atoms with Crippen LogP contribution in [0.2, 0.25) is 0 Å². The number of carboxylic acids is 1. The summed E-state index contributed by atoms with van der Waals surface area (Å²) in [5.41, 5.74) is 5.10. The monoisotopic (exact) mass is 312 g/mol. The Morgan fingerprint density at radius 1 is 1.50 bits per heavy atom. The van der Waals surface area contributed by atoms with Gasteiger partial charge in [-0.2, -0.15) is 0 Å². The Kier molecular flexibility index (Phi) is 4.74. The molecule has 1 amide bonds. The average molecular weight is 312 g/mol. The zero-order chi connectivity index (χ0) is 16.3. The second-order valence-corrected chi connectivity index (χ2v) is 5.07. The topological polar surface area (TPSA) is 111 Å². The Labute approximate surface area is 126 Å². The first-order chi connectivity index (χ1) is 10.4. The van der Waals surface area contributed by atoms with Crippen molar-refractivity contribution in [3.05, 3.63) is 35.1 Å². The molecule has 0 saturated carbocycles. The van der Waals surface area contributed by atoms with Gasteiger partial charge in [-0.1, -0.05) is 0 Å². The number of nitrogens with two attached hydrogens (primary N) is 1. The lowest BCUT2D eigenvalue weighted by molar-refractivity contribution is -0.202. The Hall–Kier alpha value is -2.03. The number of ether oxygens (including phenoxy) is 2. The fourth-order valence-corrected chi connectivity index (χ4v) is 2.07. The molecule has 0 aliphatic carbocycles. The van der Waals surface area contributed by atoms with Crippen molar-refractivity contribution in [3.63, 3.8) is 0 Å². The second kappa shape index (κ2) is 6.39. The number of halogens is 1. The van der Waals surface area contributed by atoms with E-state index in [0.717, 1.165) is 6.07 Å². The van der Waals surface area contributed by atoms with Gasteiger partial charge in [-0.25, -0.2) is 4.39 Å². The van der Waals surface area contributed by atoms with Crippen LogP contribution in [0, 0.1) is 5.82 Å². The molecule has 1 heterocycles. The van der Waals surface area contributed by atoms with Crippen LogP contribution in [-0.2, 0) is 19.9 Å². The van der Waals surface area contributed by atoms with Gasteiger partial charge in [0.2, 0.25) is 0 Å². The smallest absolute Gasteiger partial charge is 0.322 e. The summed E-state index contributed by atoms with van der Waals surface area (Å²) >= 11 is 0. The SMILES string of the molecule is COC1(c2cc(F)cc(C(=O)NC[C@@H](N)C(=O)O)c2)COC1. The summed E-state index contributed by atoms with van der Waals surface area (Å²) in [6, 6.07) is 2.62. The quantitative estimate of drug-likeness (QED) is 0.673. The van der Waals surface area contributed by atoms with Crippen molar-refractivity contribution in [1.82, 2.24) is 5.32 Å². The van der Waals surface area contributed by atoms with E-state index < -0.39 is 29.3 Å². The van der Waals surface area contributed by atoms with Crippen molar-refractivity contribution >= 4 is 11.9 Å². The molecule has 1 aliphatic heterocycles. The number of nitrogens with one attached hydrogen (secondary N) is 1. The molecule has 1 saturated heterocycles. The molecule has 7 nitrogen and oxygen atoms in total. The minimum absolute atomic E-state index is 0.0657. The third-order valence-electron chi connectivity index (χ3n) is 3.55. The molecule has 1 aromatic carbocycles. The summed E-state index contributed by atoms with van der Waals surface area (Å²) in [4.78, 5) is 22.6. The Bertz CT molecular complexity index is 583. The lowest BCUT2D eigenvalue weighted by Gasteiger charge is -2.40. The van der Waals surface area contributed by atoms with Crippen LogP contribution in [0.15, 0.2) is 18.2 Å². The van der Waals surface area contributed by atoms with Crippen LogP contribution < -0.4 is 11.1 Å². The predicted molar refractivity (Wildman–Crippen MR) is 73.9 cm³/mol. The van der Waals surface area contributed by atoms with Crippen LogP contribution in [0.1, 0.15) is 15.9 Å². The van der Waals surface area contributed by atoms with Gasteiger partial charge in [0.25, 0.3) is 5.91 Å². The van der Waals surface area contributed by atoms with Crippen molar-refractivity contribution in [3.8, 4) is 0 Å². The van der Waals surface area contributed by atoms with Crippen LogP contribution in [0.3, 0.4) is 0 Å². The van der Waals surface area contributed by atoms with Crippen molar-refractivity contribution in [2.24, 2.45) is 5.73 Å². The van der Waals surface area contributed by atoms with E-state index in [1.54, 1.807) is 0 Å². The number of hydrogen-bond acceptors (Lipinski definition) is 5. The Morgan fingerprint density at radius 2 is 2.18 bits per heavy atom. The molecule has 1 fully saturated rings. The maximum atomic E-state index is 13.7. The fourth-order valence-electron chi connectivity index (χ4n) is 2.07. The number of aliphatic carboxylic acids is 1. The molecule has 1 aliphatic rings. The molecule has 1 aromatic rings. The first kappa shape index (κ1) is 16.3. The zero-order valence-electron chi connectivity index (χ0n) is 12.0.